The van der Waals surface area contributed by atoms with Gasteiger partial charge < -0.3 is 9.47 Å². The molecule has 1 fully saturated rings. The van der Waals surface area contributed by atoms with Crippen LogP contribution in [-0.2, 0) is 19.1 Å². The smallest absolute Gasteiger partial charge is 0.347 e. The highest BCUT2D eigenvalue weighted by atomic mass is 16.6. The maximum absolute atomic E-state index is 10.4. The molecule has 0 amide bonds. The highest BCUT2D eigenvalue weighted by Gasteiger charge is 2.25. The molecule has 1 rings (SSSR count). The Balaban J connectivity index is 0.000000461. The van der Waals surface area contributed by atoms with Gasteiger partial charge in [-0.2, -0.15) is 0 Å². The minimum atomic E-state index is -0.730. The number of hydrogen-bond acceptors (Lipinski definition) is 4. The van der Waals surface area contributed by atoms with E-state index in [0.717, 1.165) is 0 Å². The van der Waals surface area contributed by atoms with Crippen molar-refractivity contribution in [1.29, 1.82) is 0 Å². The van der Waals surface area contributed by atoms with E-state index < -0.39 is 18.0 Å². The molecule has 0 radical (unpaired) electrons. The molecule has 4 nitrogen and oxygen atoms in total. The van der Waals surface area contributed by atoms with Gasteiger partial charge >= 0.3 is 11.9 Å². The Morgan fingerprint density at radius 1 is 1.45 bits per heavy atom. The predicted molar refractivity (Wildman–Crippen MR) is 37.8 cm³/mol. The van der Waals surface area contributed by atoms with Gasteiger partial charge in [-0.15, -0.1) is 13.2 Å². The van der Waals surface area contributed by atoms with Gasteiger partial charge in [-0.3, -0.25) is 0 Å². The number of ether oxygens (including phenoxy) is 2. The summed E-state index contributed by atoms with van der Waals surface area (Å²) in [4.78, 5) is 20.8. The number of rotatable bonds is 0. The van der Waals surface area contributed by atoms with Gasteiger partial charge in [0, 0.05) is 0 Å². The van der Waals surface area contributed by atoms with Crippen molar-refractivity contribution in [3.05, 3.63) is 13.2 Å². The number of carbonyl (C=O) groups is 2. The van der Waals surface area contributed by atoms with E-state index in [0.29, 0.717) is 0 Å². The number of hydrogen-bond donors (Lipinski definition) is 0. The summed E-state index contributed by atoms with van der Waals surface area (Å²) in [6, 6.07) is 0. The zero-order valence-electron chi connectivity index (χ0n) is 6.33. The van der Waals surface area contributed by atoms with E-state index in [1.807, 2.05) is 0 Å². The minimum absolute atomic E-state index is 0.247. The number of carbonyl (C=O) groups excluding carboxylic acids is 2. The van der Waals surface area contributed by atoms with Crippen molar-refractivity contribution in [2.45, 2.75) is 13.0 Å². The van der Waals surface area contributed by atoms with Gasteiger partial charge in [0.15, 0.2) is 12.7 Å². The molecule has 0 saturated carbocycles. The Hall–Kier alpha value is -1.32. The molecule has 0 bridgehead atoms. The van der Waals surface area contributed by atoms with Crippen LogP contribution in [0.4, 0.5) is 0 Å². The molecule has 0 aromatic rings. The topological polar surface area (TPSA) is 52.6 Å². The Morgan fingerprint density at radius 3 is 2.36 bits per heavy atom. The fourth-order valence-electron chi connectivity index (χ4n) is 0.527. The molecular formula is C7H10O4. The van der Waals surface area contributed by atoms with Crippen LogP contribution in [0.15, 0.2) is 13.2 Å². The molecule has 1 aliphatic rings. The van der Waals surface area contributed by atoms with Crippen LogP contribution in [0.3, 0.4) is 0 Å². The first-order chi connectivity index (χ1) is 5.20. The molecular weight excluding hydrogens is 148 g/mol. The van der Waals surface area contributed by atoms with Gasteiger partial charge in [-0.05, 0) is 6.92 Å². The predicted octanol–water partition coefficient (Wildman–Crippen LogP) is 0.277. The summed E-state index contributed by atoms with van der Waals surface area (Å²) >= 11 is 0. The molecule has 62 valence electrons. The Labute approximate surface area is 64.8 Å². The quantitative estimate of drug-likeness (QED) is 0.375. The molecule has 4 heteroatoms. The Morgan fingerprint density at radius 2 is 2.00 bits per heavy atom. The van der Waals surface area contributed by atoms with E-state index in [1.54, 1.807) is 0 Å². The Kier molecular flexibility index (Phi) is 3.95. The molecule has 1 saturated heterocycles. The van der Waals surface area contributed by atoms with Gasteiger partial charge in [0.2, 0.25) is 0 Å². The summed E-state index contributed by atoms with van der Waals surface area (Å²) in [5.74, 6) is -0.961. The maximum Gasteiger partial charge on any atom is 0.347 e. The van der Waals surface area contributed by atoms with Crippen molar-refractivity contribution in [1.82, 2.24) is 0 Å². The van der Waals surface area contributed by atoms with Crippen molar-refractivity contribution in [2.24, 2.45) is 0 Å². The number of esters is 2. The lowest BCUT2D eigenvalue weighted by Crippen LogP contribution is -2.35. The van der Waals surface area contributed by atoms with Crippen molar-refractivity contribution < 1.29 is 19.1 Å². The van der Waals surface area contributed by atoms with Gasteiger partial charge in [-0.25, -0.2) is 9.59 Å². The minimum Gasteiger partial charge on any atom is -0.451 e. The molecule has 0 aromatic carbocycles. The Bertz CT molecular complexity index is 164. The first kappa shape index (κ1) is 9.68. The highest BCUT2D eigenvalue weighted by molar-refractivity contribution is 5.84. The lowest BCUT2D eigenvalue weighted by Gasteiger charge is -2.16. The van der Waals surface area contributed by atoms with Gasteiger partial charge in [0.05, 0.1) is 0 Å². The number of cyclic esters (lactones) is 2. The first-order valence-electron chi connectivity index (χ1n) is 3.06. The van der Waals surface area contributed by atoms with Crippen LogP contribution < -0.4 is 0 Å². The van der Waals surface area contributed by atoms with E-state index in [2.05, 4.69) is 22.6 Å². The lowest BCUT2D eigenvalue weighted by atomic mass is 10.4. The standard InChI is InChI=1S/C5H6O4.C2H4/c1-3-5(7)8-2-4(6)9-3;1-2/h3H,2H2,1H3;1-2H2/t3-;/m0./s1. The normalized spacial score (nSPS) is 22.5. The SMILES string of the molecule is C=C.C[C@@H]1OC(=O)COC1=O. The van der Waals surface area contributed by atoms with Crippen molar-refractivity contribution in [3.8, 4) is 0 Å². The van der Waals surface area contributed by atoms with Crippen LogP contribution in [0.25, 0.3) is 0 Å². The fourth-order valence-corrected chi connectivity index (χ4v) is 0.527. The third-order valence-electron chi connectivity index (χ3n) is 0.972. The van der Waals surface area contributed by atoms with E-state index in [9.17, 15) is 9.59 Å². The zero-order valence-corrected chi connectivity index (χ0v) is 6.33. The van der Waals surface area contributed by atoms with Gasteiger partial charge in [0.25, 0.3) is 0 Å². The second kappa shape index (κ2) is 4.49. The second-order valence-electron chi connectivity index (χ2n) is 1.74. The molecule has 0 aliphatic carbocycles. The van der Waals surface area contributed by atoms with Gasteiger partial charge in [0.1, 0.15) is 0 Å². The summed E-state index contributed by atoms with van der Waals surface area (Å²) in [7, 11) is 0. The monoisotopic (exact) mass is 158 g/mol. The highest BCUT2D eigenvalue weighted by Crippen LogP contribution is 2.01. The first-order valence-corrected chi connectivity index (χ1v) is 3.06. The molecule has 1 atom stereocenters. The van der Waals surface area contributed by atoms with Crippen LogP contribution in [0.2, 0.25) is 0 Å². The lowest BCUT2D eigenvalue weighted by molar-refractivity contribution is -0.183. The average molecular weight is 158 g/mol. The van der Waals surface area contributed by atoms with Crippen molar-refractivity contribution in [2.75, 3.05) is 6.61 Å². The summed E-state index contributed by atoms with van der Waals surface area (Å²) in [6.07, 6.45) is -0.730. The third kappa shape index (κ3) is 2.84. The van der Waals surface area contributed by atoms with E-state index in [-0.39, 0.29) is 6.61 Å². The van der Waals surface area contributed by atoms with Crippen LogP contribution in [0.5, 0.6) is 0 Å². The molecule has 1 heterocycles. The molecule has 0 unspecified atom stereocenters. The molecule has 11 heavy (non-hydrogen) atoms. The molecule has 0 N–H and O–H groups in total. The van der Waals surface area contributed by atoms with Crippen molar-refractivity contribution in [3.63, 3.8) is 0 Å². The van der Waals surface area contributed by atoms with E-state index in [1.165, 1.54) is 6.92 Å². The maximum atomic E-state index is 10.4. The zero-order chi connectivity index (χ0) is 8.85. The largest absolute Gasteiger partial charge is 0.451 e. The van der Waals surface area contributed by atoms with Crippen LogP contribution in [-0.4, -0.2) is 24.6 Å². The van der Waals surface area contributed by atoms with Crippen molar-refractivity contribution >= 4 is 11.9 Å². The molecule has 0 aromatic heterocycles. The fraction of sp³-hybridized carbons (Fsp3) is 0.429. The van der Waals surface area contributed by atoms with Crippen LogP contribution in [0.1, 0.15) is 6.92 Å². The van der Waals surface area contributed by atoms with E-state index >= 15 is 0 Å². The second-order valence-corrected chi connectivity index (χ2v) is 1.74. The summed E-state index contributed by atoms with van der Waals surface area (Å²) < 4.78 is 8.87. The molecule has 0 spiro atoms. The summed E-state index contributed by atoms with van der Waals surface area (Å²) in [5, 5.41) is 0. The average Bonchev–Trinajstić information content (AvgIpc) is 2.02. The van der Waals surface area contributed by atoms with Crippen LogP contribution in [0, 0.1) is 0 Å². The van der Waals surface area contributed by atoms with E-state index in [4.69, 9.17) is 0 Å². The molecule has 1 aliphatic heterocycles. The summed E-state index contributed by atoms with van der Waals surface area (Å²) in [6.45, 7) is 7.22. The van der Waals surface area contributed by atoms with Gasteiger partial charge in [-0.1, -0.05) is 0 Å². The summed E-state index contributed by atoms with van der Waals surface area (Å²) in [5.41, 5.74) is 0. The third-order valence-corrected chi connectivity index (χ3v) is 0.972. The van der Waals surface area contributed by atoms with Crippen LogP contribution >= 0.6 is 0 Å².